The molecule has 0 aromatic carbocycles. The smallest absolute Gasteiger partial charge is 0.154 e. The Bertz CT molecular complexity index is 303. The molecule has 2 atom stereocenters. The average Bonchev–Trinajstić information content (AvgIpc) is 2.06. The SMILES string of the molecule is CNC(C1CCCCS1(=O)=O)C(C)(C)C. The standard InChI is InChI=1S/C11H23NO2S/c1-11(2,3)10(12-4)9-7-5-6-8-15(9,13)14/h9-10,12H,5-8H2,1-4H3. The second-order valence-corrected chi connectivity index (χ2v) is 7.87. The summed E-state index contributed by atoms with van der Waals surface area (Å²) >= 11 is 0. The molecule has 1 aliphatic heterocycles. The largest absolute Gasteiger partial charge is 0.315 e. The van der Waals surface area contributed by atoms with Crippen molar-refractivity contribution in [2.24, 2.45) is 5.41 Å². The third kappa shape index (κ3) is 2.94. The maximum atomic E-state index is 12.0. The van der Waals surface area contributed by atoms with E-state index in [-0.39, 0.29) is 16.7 Å². The van der Waals surface area contributed by atoms with Gasteiger partial charge in [0.25, 0.3) is 0 Å². The van der Waals surface area contributed by atoms with Crippen molar-refractivity contribution < 1.29 is 8.42 Å². The predicted octanol–water partition coefficient (Wildman–Crippen LogP) is 1.59. The molecule has 0 spiro atoms. The van der Waals surface area contributed by atoms with Gasteiger partial charge < -0.3 is 5.32 Å². The monoisotopic (exact) mass is 233 g/mol. The van der Waals surface area contributed by atoms with Crippen molar-refractivity contribution in [1.82, 2.24) is 5.32 Å². The lowest BCUT2D eigenvalue weighted by atomic mass is 9.83. The fraction of sp³-hybridized carbons (Fsp3) is 1.00. The molecule has 1 fully saturated rings. The summed E-state index contributed by atoms with van der Waals surface area (Å²) in [5.74, 6) is 0.367. The third-order valence-corrected chi connectivity index (χ3v) is 5.53. The first-order valence-corrected chi connectivity index (χ1v) is 7.39. The van der Waals surface area contributed by atoms with E-state index < -0.39 is 9.84 Å². The number of rotatable bonds is 2. The highest BCUT2D eigenvalue weighted by Gasteiger charge is 2.40. The van der Waals surface area contributed by atoms with E-state index in [2.05, 4.69) is 26.1 Å². The lowest BCUT2D eigenvalue weighted by molar-refractivity contribution is 0.260. The molecule has 3 nitrogen and oxygen atoms in total. The lowest BCUT2D eigenvalue weighted by Crippen LogP contribution is -2.52. The minimum absolute atomic E-state index is 0.0101. The molecule has 2 unspecified atom stereocenters. The van der Waals surface area contributed by atoms with Crippen LogP contribution in [0.4, 0.5) is 0 Å². The van der Waals surface area contributed by atoms with Crippen molar-refractivity contribution in [2.45, 2.75) is 51.3 Å². The summed E-state index contributed by atoms with van der Waals surface area (Å²) in [6, 6.07) is 0.0581. The van der Waals surface area contributed by atoms with Gasteiger partial charge in [-0.15, -0.1) is 0 Å². The van der Waals surface area contributed by atoms with Crippen LogP contribution < -0.4 is 5.32 Å². The Balaban J connectivity index is 2.93. The van der Waals surface area contributed by atoms with E-state index in [1.54, 1.807) is 0 Å². The van der Waals surface area contributed by atoms with Gasteiger partial charge in [-0.05, 0) is 25.3 Å². The van der Waals surface area contributed by atoms with Crippen LogP contribution in [0.5, 0.6) is 0 Å². The van der Waals surface area contributed by atoms with E-state index in [1.165, 1.54) is 0 Å². The van der Waals surface area contributed by atoms with Crippen LogP contribution in [0.25, 0.3) is 0 Å². The van der Waals surface area contributed by atoms with Crippen molar-refractivity contribution in [1.29, 1.82) is 0 Å². The average molecular weight is 233 g/mol. The lowest BCUT2D eigenvalue weighted by Gasteiger charge is -2.38. The molecular weight excluding hydrogens is 210 g/mol. The molecule has 4 heteroatoms. The molecule has 1 saturated heterocycles. The molecule has 0 bridgehead atoms. The van der Waals surface area contributed by atoms with Gasteiger partial charge in [-0.25, -0.2) is 8.42 Å². The molecule has 15 heavy (non-hydrogen) atoms. The summed E-state index contributed by atoms with van der Waals surface area (Å²) in [5, 5.41) is 2.99. The number of hydrogen-bond donors (Lipinski definition) is 1. The fourth-order valence-corrected chi connectivity index (χ4v) is 4.92. The highest BCUT2D eigenvalue weighted by atomic mass is 32.2. The molecule has 1 aliphatic rings. The fourth-order valence-electron chi connectivity index (χ4n) is 2.53. The van der Waals surface area contributed by atoms with Crippen molar-refractivity contribution in [3.05, 3.63) is 0 Å². The molecule has 1 N–H and O–H groups in total. The zero-order valence-corrected chi connectivity index (χ0v) is 11.0. The van der Waals surface area contributed by atoms with Gasteiger partial charge >= 0.3 is 0 Å². The summed E-state index contributed by atoms with van der Waals surface area (Å²) in [6.07, 6.45) is 2.68. The number of sulfone groups is 1. The van der Waals surface area contributed by atoms with Crippen molar-refractivity contribution in [3.8, 4) is 0 Å². The maximum Gasteiger partial charge on any atom is 0.154 e. The van der Waals surface area contributed by atoms with Gasteiger partial charge in [-0.1, -0.05) is 27.2 Å². The predicted molar refractivity (Wildman–Crippen MR) is 63.7 cm³/mol. The van der Waals surface area contributed by atoms with Crippen LogP contribution in [0.3, 0.4) is 0 Å². The van der Waals surface area contributed by atoms with Gasteiger partial charge in [0, 0.05) is 6.04 Å². The van der Waals surface area contributed by atoms with Crippen LogP contribution in [0, 0.1) is 5.41 Å². The Morgan fingerprint density at radius 2 is 1.87 bits per heavy atom. The third-order valence-electron chi connectivity index (χ3n) is 3.24. The Labute approximate surface area is 93.6 Å². The molecular formula is C11H23NO2S. The van der Waals surface area contributed by atoms with E-state index in [0.29, 0.717) is 5.75 Å². The summed E-state index contributed by atoms with van der Waals surface area (Å²) in [7, 11) is -1.02. The second kappa shape index (κ2) is 4.42. The quantitative estimate of drug-likeness (QED) is 0.788. The van der Waals surface area contributed by atoms with Crippen LogP contribution in [-0.4, -0.2) is 32.5 Å². The maximum absolute atomic E-state index is 12.0. The molecule has 0 saturated carbocycles. The van der Waals surface area contributed by atoms with E-state index >= 15 is 0 Å². The summed E-state index contributed by atoms with van der Waals surface area (Å²) in [4.78, 5) is 0. The number of hydrogen-bond acceptors (Lipinski definition) is 3. The Kier molecular flexibility index (Phi) is 3.82. The van der Waals surface area contributed by atoms with Gasteiger partial charge in [-0.2, -0.15) is 0 Å². The Hall–Kier alpha value is -0.0900. The topological polar surface area (TPSA) is 46.2 Å². The molecule has 0 radical (unpaired) electrons. The first kappa shape index (κ1) is 13.0. The van der Waals surface area contributed by atoms with Crippen LogP contribution in [0.2, 0.25) is 0 Å². The van der Waals surface area contributed by atoms with Crippen molar-refractivity contribution >= 4 is 9.84 Å². The van der Waals surface area contributed by atoms with E-state index in [4.69, 9.17) is 0 Å². The van der Waals surface area contributed by atoms with E-state index in [0.717, 1.165) is 19.3 Å². The Morgan fingerprint density at radius 3 is 2.27 bits per heavy atom. The zero-order valence-electron chi connectivity index (χ0n) is 10.2. The van der Waals surface area contributed by atoms with Crippen molar-refractivity contribution in [2.75, 3.05) is 12.8 Å². The van der Waals surface area contributed by atoms with Crippen LogP contribution in [0.1, 0.15) is 40.0 Å². The molecule has 1 heterocycles. The molecule has 0 aromatic rings. The summed E-state index contributed by atoms with van der Waals surface area (Å²) < 4.78 is 24.0. The van der Waals surface area contributed by atoms with Crippen LogP contribution in [-0.2, 0) is 9.84 Å². The second-order valence-electron chi connectivity index (χ2n) is 5.53. The minimum Gasteiger partial charge on any atom is -0.315 e. The van der Waals surface area contributed by atoms with Crippen molar-refractivity contribution in [3.63, 3.8) is 0 Å². The van der Waals surface area contributed by atoms with Crippen LogP contribution in [0.15, 0.2) is 0 Å². The van der Waals surface area contributed by atoms with Gasteiger partial charge in [0.05, 0.1) is 11.0 Å². The zero-order chi connectivity index (χ0) is 11.7. The normalized spacial score (nSPS) is 28.7. The van der Waals surface area contributed by atoms with E-state index in [1.807, 2.05) is 7.05 Å². The molecule has 90 valence electrons. The van der Waals surface area contributed by atoms with Gasteiger partial charge in [0.1, 0.15) is 0 Å². The van der Waals surface area contributed by atoms with Gasteiger partial charge in [-0.3, -0.25) is 0 Å². The molecule has 0 amide bonds. The Morgan fingerprint density at radius 1 is 1.27 bits per heavy atom. The van der Waals surface area contributed by atoms with Crippen LogP contribution >= 0.6 is 0 Å². The summed E-state index contributed by atoms with van der Waals surface area (Å²) in [5.41, 5.74) is -0.0101. The molecule has 0 aliphatic carbocycles. The van der Waals surface area contributed by atoms with Gasteiger partial charge in [0.15, 0.2) is 9.84 Å². The highest BCUT2D eigenvalue weighted by molar-refractivity contribution is 7.92. The molecule has 0 aromatic heterocycles. The minimum atomic E-state index is -2.88. The first-order chi connectivity index (χ1) is 6.79. The highest BCUT2D eigenvalue weighted by Crippen LogP contribution is 2.31. The van der Waals surface area contributed by atoms with Gasteiger partial charge in [0.2, 0.25) is 0 Å². The summed E-state index contributed by atoms with van der Waals surface area (Å²) in [6.45, 7) is 6.29. The number of nitrogens with one attached hydrogen (secondary N) is 1. The van der Waals surface area contributed by atoms with E-state index in [9.17, 15) is 8.42 Å². The molecule has 1 rings (SSSR count). The first-order valence-electron chi connectivity index (χ1n) is 5.68.